The predicted octanol–water partition coefficient (Wildman–Crippen LogP) is 3.76. The summed E-state index contributed by atoms with van der Waals surface area (Å²) in [5, 5.41) is 0. The number of ether oxygens (including phenoxy) is 2. The third-order valence-corrected chi connectivity index (χ3v) is 3.89. The number of thioether (sulfide) groups is 1. The maximum Gasteiger partial charge on any atom is 0.120 e. The van der Waals surface area contributed by atoms with Crippen molar-refractivity contribution >= 4 is 17.4 Å². The Bertz CT molecular complexity index is 555. The van der Waals surface area contributed by atoms with Gasteiger partial charge >= 0.3 is 0 Å². The smallest absolute Gasteiger partial charge is 0.120 e. The van der Waals surface area contributed by atoms with Gasteiger partial charge in [0.1, 0.15) is 11.5 Å². The van der Waals surface area contributed by atoms with Crippen molar-refractivity contribution in [2.24, 2.45) is 0 Å². The summed E-state index contributed by atoms with van der Waals surface area (Å²) in [6.45, 7) is 2.70. The molecule has 106 valence electrons. The van der Waals surface area contributed by atoms with E-state index in [0.717, 1.165) is 27.8 Å². The van der Waals surface area contributed by atoms with E-state index in [2.05, 4.69) is 6.92 Å². The van der Waals surface area contributed by atoms with E-state index >= 15 is 0 Å². The van der Waals surface area contributed by atoms with Gasteiger partial charge in [-0.2, -0.15) is 0 Å². The topological polar surface area (TPSA) is 44.5 Å². The van der Waals surface area contributed by atoms with Crippen LogP contribution >= 0.6 is 11.8 Å². The van der Waals surface area contributed by atoms with Gasteiger partial charge in [0.2, 0.25) is 0 Å². The van der Waals surface area contributed by atoms with Crippen LogP contribution in [0.15, 0.2) is 47.4 Å². The van der Waals surface area contributed by atoms with E-state index in [4.69, 9.17) is 15.2 Å². The summed E-state index contributed by atoms with van der Waals surface area (Å²) in [5.74, 6) is 2.56. The Morgan fingerprint density at radius 3 is 2.45 bits per heavy atom. The Hall–Kier alpha value is -1.81. The van der Waals surface area contributed by atoms with Gasteiger partial charge in [-0.25, -0.2) is 0 Å². The second-order valence-corrected chi connectivity index (χ2v) is 5.55. The van der Waals surface area contributed by atoms with Gasteiger partial charge in [0.15, 0.2) is 0 Å². The molecule has 4 heteroatoms. The van der Waals surface area contributed by atoms with Gasteiger partial charge < -0.3 is 15.2 Å². The molecule has 2 rings (SSSR count). The van der Waals surface area contributed by atoms with Gasteiger partial charge in [-0.15, -0.1) is 11.8 Å². The van der Waals surface area contributed by atoms with Crippen molar-refractivity contribution in [3.63, 3.8) is 0 Å². The van der Waals surface area contributed by atoms with Crippen LogP contribution in [0.5, 0.6) is 11.5 Å². The summed E-state index contributed by atoms with van der Waals surface area (Å²) in [7, 11) is 1.65. The quantitative estimate of drug-likeness (QED) is 0.499. The number of aryl methyl sites for hydroxylation is 1. The highest BCUT2D eigenvalue weighted by atomic mass is 32.2. The summed E-state index contributed by atoms with van der Waals surface area (Å²) in [5.41, 5.74) is 7.94. The van der Waals surface area contributed by atoms with E-state index in [1.165, 1.54) is 5.56 Å². The molecule has 2 aromatic carbocycles. The zero-order chi connectivity index (χ0) is 14.4. The highest BCUT2D eigenvalue weighted by molar-refractivity contribution is 7.99. The SMILES string of the molecule is COc1ccc(N)c(SCCOc2ccc(C)cc2)c1. The van der Waals surface area contributed by atoms with E-state index in [1.54, 1.807) is 18.9 Å². The lowest BCUT2D eigenvalue weighted by molar-refractivity contribution is 0.344. The number of methoxy groups -OCH3 is 1. The van der Waals surface area contributed by atoms with Crippen LogP contribution in [-0.2, 0) is 0 Å². The number of anilines is 1. The number of nitrogen functional groups attached to an aromatic ring is 1. The van der Waals surface area contributed by atoms with Crippen LogP contribution < -0.4 is 15.2 Å². The summed E-state index contributed by atoms with van der Waals surface area (Å²) in [4.78, 5) is 1.02. The largest absolute Gasteiger partial charge is 0.497 e. The van der Waals surface area contributed by atoms with E-state index in [1.807, 2.05) is 42.5 Å². The van der Waals surface area contributed by atoms with Crippen LogP contribution in [-0.4, -0.2) is 19.5 Å². The van der Waals surface area contributed by atoms with Gasteiger partial charge in [0.05, 0.1) is 13.7 Å². The lowest BCUT2D eigenvalue weighted by atomic mass is 10.2. The number of nitrogens with two attached hydrogens (primary N) is 1. The number of rotatable bonds is 6. The molecule has 0 bridgehead atoms. The molecule has 0 aromatic heterocycles. The first kappa shape index (κ1) is 14.6. The fraction of sp³-hybridized carbons (Fsp3) is 0.250. The first-order valence-electron chi connectivity index (χ1n) is 6.45. The molecule has 0 atom stereocenters. The molecule has 0 heterocycles. The summed E-state index contributed by atoms with van der Waals surface area (Å²) >= 11 is 1.67. The fourth-order valence-electron chi connectivity index (χ4n) is 1.71. The van der Waals surface area contributed by atoms with Crippen molar-refractivity contribution in [1.82, 2.24) is 0 Å². The van der Waals surface area contributed by atoms with Crippen LogP contribution in [0.4, 0.5) is 5.69 Å². The molecule has 0 aliphatic carbocycles. The first-order valence-corrected chi connectivity index (χ1v) is 7.43. The Balaban J connectivity index is 1.82. The highest BCUT2D eigenvalue weighted by Gasteiger charge is 2.02. The minimum absolute atomic E-state index is 0.643. The Morgan fingerprint density at radius 1 is 1.05 bits per heavy atom. The highest BCUT2D eigenvalue weighted by Crippen LogP contribution is 2.29. The van der Waals surface area contributed by atoms with Gasteiger partial charge in [-0.05, 0) is 37.3 Å². The number of hydrogen-bond acceptors (Lipinski definition) is 4. The minimum Gasteiger partial charge on any atom is -0.497 e. The van der Waals surface area contributed by atoms with E-state index in [9.17, 15) is 0 Å². The monoisotopic (exact) mass is 289 g/mol. The molecular weight excluding hydrogens is 270 g/mol. The molecule has 0 spiro atoms. The second kappa shape index (κ2) is 7.10. The van der Waals surface area contributed by atoms with Crippen LogP contribution in [0.25, 0.3) is 0 Å². The Labute approximate surface area is 124 Å². The molecule has 2 aromatic rings. The molecule has 0 radical (unpaired) electrons. The third-order valence-electron chi connectivity index (χ3n) is 2.85. The van der Waals surface area contributed by atoms with Crippen molar-refractivity contribution in [2.75, 3.05) is 25.2 Å². The molecule has 0 unspecified atom stereocenters. The summed E-state index contributed by atoms with van der Waals surface area (Å²) in [6.07, 6.45) is 0. The van der Waals surface area contributed by atoms with Crippen LogP contribution in [0.1, 0.15) is 5.56 Å². The van der Waals surface area contributed by atoms with Crippen molar-refractivity contribution in [2.45, 2.75) is 11.8 Å². The third kappa shape index (κ3) is 4.10. The molecule has 0 saturated carbocycles. The van der Waals surface area contributed by atoms with Crippen molar-refractivity contribution in [3.05, 3.63) is 48.0 Å². The van der Waals surface area contributed by atoms with Gasteiger partial charge in [0, 0.05) is 16.3 Å². The lowest BCUT2D eigenvalue weighted by Crippen LogP contribution is -2.00. The normalized spacial score (nSPS) is 10.3. The molecule has 0 amide bonds. The molecule has 0 aliphatic heterocycles. The average molecular weight is 289 g/mol. The Kier molecular flexibility index (Phi) is 5.18. The van der Waals surface area contributed by atoms with Gasteiger partial charge in [-0.3, -0.25) is 0 Å². The molecule has 2 N–H and O–H groups in total. The molecule has 20 heavy (non-hydrogen) atoms. The van der Waals surface area contributed by atoms with Crippen LogP contribution in [0.3, 0.4) is 0 Å². The van der Waals surface area contributed by atoms with E-state index in [-0.39, 0.29) is 0 Å². The molecule has 0 fully saturated rings. The lowest BCUT2D eigenvalue weighted by Gasteiger charge is -2.09. The number of hydrogen-bond donors (Lipinski definition) is 1. The first-order chi connectivity index (χ1) is 9.69. The molecular formula is C16H19NO2S. The van der Waals surface area contributed by atoms with Crippen LogP contribution in [0, 0.1) is 6.92 Å². The minimum atomic E-state index is 0.643. The van der Waals surface area contributed by atoms with E-state index in [0.29, 0.717) is 6.61 Å². The molecule has 0 aliphatic rings. The standard InChI is InChI=1S/C16H19NO2S/c1-12-3-5-13(6-4-12)19-9-10-20-16-11-14(18-2)7-8-15(16)17/h3-8,11H,9-10,17H2,1-2H3. The average Bonchev–Trinajstić information content (AvgIpc) is 2.47. The Morgan fingerprint density at radius 2 is 1.75 bits per heavy atom. The van der Waals surface area contributed by atoms with Crippen molar-refractivity contribution in [1.29, 1.82) is 0 Å². The predicted molar refractivity (Wildman–Crippen MR) is 84.8 cm³/mol. The zero-order valence-corrected chi connectivity index (χ0v) is 12.6. The van der Waals surface area contributed by atoms with E-state index < -0.39 is 0 Å². The maximum atomic E-state index is 5.94. The molecule has 0 saturated heterocycles. The second-order valence-electron chi connectivity index (χ2n) is 4.41. The van der Waals surface area contributed by atoms with Crippen molar-refractivity contribution < 1.29 is 9.47 Å². The summed E-state index contributed by atoms with van der Waals surface area (Å²) in [6, 6.07) is 13.7. The van der Waals surface area contributed by atoms with Gasteiger partial charge in [0.25, 0.3) is 0 Å². The maximum absolute atomic E-state index is 5.94. The number of benzene rings is 2. The summed E-state index contributed by atoms with van der Waals surface area (Å²) < 4.78 is 10.9. The van der Waals surface area contributed by atoms with Crippen molar-refractivity contribution in [3.8, 4) is 11.5 Å². The van der Waals surface area contributed by atoms with Gasteiger partial charge in [-0.1, -0.05) is 17.7 Å². The zero-order valence-electron chi connectivity index (χ0n) is 11.8. The van der Waals surface area contributed by atoms with Crippen LogP contribution in [0.2, 0.25) is 0 Å². The molecule has 3 nitrogen and oxygen atoms in total. The fourth-order valence-corrected chi connectivity index (χ4v) is 2.53.